The summed E-state index contributed by atoms with van der Waals surface area (Å²) in [6.45, 7) is 0.299. The molecule has 0 aliphatic rings. The van der Waals surface area contributed by atoms with Crippen LogP contribution in [-0.2, 0) is 6.54 Å². The Labute approximate surface area is 135 Å². The number of benzene rings is 2. The molecule has 21 heavy (non-hydrogen) atoms. The number of hydrogen-bond acceptors (Lipinski definition) is 2. The van der Waals surface area contributed by atoms with Crippen LogP contribution in [-0.4, -0.2) is 11.8 Å². The topological polar surface area (TPSA) is 72.2 Å². The lowest BCUT2D eigenvalue weighted by atomic mass is 10.1. The van der Waals surface area contributed by atoms with E-state index in [2.05, 4.69) is 21.2 Å². The van der Waals surface area contributed by atoms with E-state index in [9.17, 15) is 9.59 Å². The van der Waals surface area contributed by atoms with Crippen molar-refractivity contribution in [3.8, 4) is 0 Å². The minimum absolute atomic E-state index is 0.242. The van der Waals surface area contributed by atoms with Crippen LogP contribution in [0.1, 0.15) is 26.3 Å². The first-order valence-corrected chi connectivity index (χ1v) is 7.26. The molecular formula is C15H12BrClN2O2. The quantitative estimate of drug-likeness (QED) is 0.871. The number of primary amides is 1. The maximum atomic E-state index is 12.0. The smallest absolute Gasteiger partial charge is 0.251 e. The van der Waals surface area contributed by atoms with Gasteiger partial charge in [0.05, 0.1) is 5.02 Å². The van der Waals surface area contributed by atoms with Crippen LogP contribution in [0, 0.1) is 0 Å². The highest BCUT2D eigenvalue weighted by Crippen LogP contribution is 2.23. The second-order valence-corrected chi connectivity index (χ2v) is 5.64. The Kier molecular flexibility index (Phi) is 4.98. The van der Waals surface area contributed by atoms with Crippen LogP contribution in [0.4, 0.5) is 0 Å². The largest absolute Gasteiger partial charge is 0.366 e. The second kappa shape index (κ2) is 6.74. The van der Waals surface area contributed by atoms with Gasteiger partial charge in [-0.1, -0.05) is 23.7 Å². The van der Waals surface area contributed by atoms with Crippen LogP contribution in [0.15, 0.2) is 46.9 Å². The van der Waals surface area contributed by atoms with E-state index >= 15 is 0 Å². The van der Waals surface area contributed by atoms with Crippen molar-refractivity contribution >= 4 is 39.3 Å². The van der Waals surface area contributed by atoms with Crippen LogP contribution in [0.2, 0.25) is 5.02 Å². The van der Waals surface area contributed by atoms with Crippen molar-refractivity contribution in [2.45, 2.75) is 6.54 Å². The molecule has 2 aromatic rings. The number of hydrogen-bond donors (Lipinski definition) is 2. The molecule has 0 saturated carbocycles. The molecule has 0 atom stereocenters. The summed E-state index contributed by atoms with van der Waals surface area (Å²) in [6, 6.07) is 11.8. The van der Waals surface area contributed by atoms with E-state index in [4.69, 9.17) is 17.3 Å². The molecule has 2 rings (SSSR count). The fourth-order valence-electron chi connectivity index (χ4n) is 1.76. The molecule has 4 nitrogen and oxygen atoms in total. The zero-order valence-corrected chi connectivity index (χ0v) is 13.2. The molecule has 0 bridgehead atoms. The van der Waals surface area contributed by atoms with E-state index in [1.165, 1.54) is 0 Å². The van der Waals surface area contributed by atoms with Gasteiger partial charge in [0.15, 0.2) is 0 Å². The molecule has 0 unspecified atom stereocenters. The first-order valence-electron chi connectivity index (χ1n) is 6.09. The predicted molar refractivity (Wildman–Crippen MR) is 85.3 cm³/mol. The van der Waals surface area contributed by atoms with Crippen molar-refractivity contribution < 1.29 is 9.59 Å². The maximum absolute atomic E-state index is 12.0. The summed E-state index contributed by atoms with van der Waals surface area (Å²) in [5, 5.41) is 3.23. The first kappa shape index (κ1) is 15.5. The second-order valence-electron chi connectivity index (χ2n) is 4.38. The van der Waals surface area contributed by atoms with Gasteiger partial charge in [0.25, 0.3) is 5.91 Å². The van der Waals surface area contributed by atoms with Crippen molar-refractivity contribution in [2.75, 3.05) is 0 Å². The van der Waals surface area contributed by atoms with Gasteiger partial charge >= 0.3 is 0 Å². The maximum Gasteiger partial charge on any atom is 0.251 e. The van der Waals surface area contributed by atoms with Gasteiger partial charge in [0, 0.05) is 22.1 Å². The summed E-state index contributed by atoms with van der Waals surface area (Å²) in [5.41, 5.74) is 6.89. The van der Waals surface area contributed by atoms with Gasteiger partial charge in [-0.15, -0.1) is 0 Å². The van der Waals surface area contributed by atoms with E-state index in [1.807, 2.05) is 0 Å². The highest BCUT2D eigenvalue weighted by molar-refractivity contribution is 9.10. The Morgan fingerprint density at radius 2 is 1.90 bits per heavy atom. The third-order valence-corrected chi connectivity index (χ3v) is 4.08. The molecule has 6 heteroatoms. The van der Waals surface area contributed by atoms with E-state index < -0.39 is 5.91 Å². The van der Waals surface area contributed by atoms with Gasteiger partial charge in [-0.2, -0.15) is 0 Å². The molecule has 0 spiro atoms. The average molecular weight is 368 g/mol. The number of rotatable bonds is 4. The van der Waals surface area contributed by atoms with Crippen LogP contribution in [0.3, 0.4) is 0 Å². The number of carbonyl (C=O) groups excluding carboxylic acids is 2. The summed E-state index contributed by atoms with van der Waals surface area (Å²) in [5.74, 6) is -0.739. The zero-order chi connectivity index (χ0) is 15.4. The highest BCUT2D eigenvalue weighted by Gasteiger charge is 2.08. The molecule has 2 aromatic carbocycles. The minimum atomic E-state index is -0.497. The summed E-state index contributed by atoms with van der Waals surface area (Å²) >= 11 is 9.22. The fourth-order valence-corrected chi connectivity index (χ4v) is 2.18. The van der Waals surface area contributed by atoms with Gasteiger partial charge in [-0.3, -0.25) is 9.59 Å². The van der Waals surface area contributed by atoms with Gasteiger partial charge in [0.2, 0.25) is 5.91 Å². The highest BCUT2D eigenvalue weighted by atomic mass is 79.9. The number of nitrogens with two attached hydrogens (primary N) is 1. The Hall–Kier alpha value is -1.85. The standard InChI is InChI=1S/C15H12BrClN2O2/c16-12-5-4-11(7-13(12)17)15(21)19-8-9-2-1-3-10(6-9)14(18)20/h1-7H,8H2,(H2,18,20)(H,19,21). The van der Waals surface area contributed by atoms with Crippen molar-refractivity contribution in [1.29, 1.82) is 0 Å². The Morgan fingerprint density at radius 1 is 1.14 bits per heavy atom. The molecular weight excluding hydrogens is 356 g/mol. The van der Waals surface area contributed by atoms with E-state index in [-0.39, 0.29) is 5.91 Å². The van der Waals surface area contributed by atoms with Gasteiger partial charge in [-0.25, -0.2) is 0 Å². The summed E-state index contributed by atoms with van der Waals surface area (Å²) in [4.78, 5) is 23.1. The van der Waals surface area contributed by atoms with E-state index in [0.29, 0.717) is 22.7 Å². The third-order valence-electron chi connectivity index (χ3n) is 2.85. The number of halogens is 2. The molecule has 0 radical (unpaired) electrons. The van der Waals surface area contributed by atoms with Gasteiger partial charge in [0.1, 0.15) is 0 Å². The van der Waals surface area contributed by atoms with E-state index in [1.54, 1.807) is 42.5 Å². The molecule has 0 aliphatic carbocycles. The molecule has 3 N–H and O–H groups in total. The lowest BCUT2D eigenvalue weighted by Gasteiger charge is -2.07. The van der Waals surface area contributed by atoms with Crippen LogP contribution in [0.5, 0.6) is 0 Å². The normalized spacial score (nSPS) is 10.2. The monoisotopic (exact) mass is 366 g/mol. The van der Waals surface area contributed by atoms with Crippen LogP contribution >= 0.6 is 27.5 Å². The number of amides is 2. The lowest BCUT2D eigenvalue weighted by Crippen LogP contribution is -2.23. The molecule has 0 heterocycles. The Morgan fingerprint density at radius 3 is 2.57 bits per heavy atom. The molecule has 0 fully saturated rings. The minimum Gasteiger partial charge on any atom is -0.366 e. The molecule has 0 aliphatic heterocycles. The fraction of sp³-hybridized carbons (Fsp3) is 0.0667. The van der Waals surface area contributed by atoms with Gasteiger partial charge < -0.3 is 11.1 Å². The van der Waals surface area contributed by atoms with Crippen molar-refractivity contribution in [1.82, 2.24) is 5.32 Å². The van der Waals surface area contributed by atoms with Crippen molar-refractivity contribution in [3.63, 3.8) is 0 Å². The lowest BCUT2D eigenvalue weighted by molar-refractivity contribution is 0.0950. The summed E-state index contributed by atoms with van der Waals surface area (Å²) in [6.07, 6.45) is 0. The summed E-state index contributed by atoms with van der Waals surface area (Å²) < 4.78 is 0.731. The Balaban J connectivity index is 2.05. The van der Waals surface area contributed by atoms with Crippen LogP contribution < -0.4 is 11.1 Å². The third kappa shape index (κ3) is 4.06. The SMILES string of the molecule is NC(=O)c1cccc(CNC(=O)c2ccc(Br)c(Cl)c2)c1. The number of carbonyl (C=O) groups is 2. The zero-order valence-electron chi connectivity index (χ0n) is 10.9. The first-order chi connectivity index (χ1) is 9.97. The van der Waals surface area contributed by atoms with Gasteiger partial charge in [-0.05, 0) is 51.8 Å². The van der Waals surface area contributed by atoms with Crippen LogP contribution in [0.25, 0.3) is 0 Å². The Bertz CT molecular complexity index is 704. The number of nitrogens with one attached hydrogen (secondary N) is 1. The average Bonchev–Trinajstić information content (AvgIpc) is 2.48. The molecule has 0 aromatic heterocycles. The summed E-state index contributed by atoms with van der Waals surface area (Å²) in [7, 11) is 0. The van der Waals surface area contributed by atoms with Crippen molar-refractivity contribution in [2.24, 2.45) is 5.73 Å². The van der Waals surface area contributed by atoms with E-state index in [0.717, 1.165) is 10.0 Å². The molecule has 108 valence electrons. The molecule has 0 saturated heterocycles. The molecule has 2 amide bonds. The predicted octanol–water partition coefficient (Wildman–Crippen LogP) is 3.13. The van der Waals surface area contributed by atoms with Crippen molar-refractivity contribution in [3.05, 3.63) is 68.7 Å².